The first-order chi connectivity index (χ1) is 7.97. The molecule has 1 aromatic carbocycles. The first-order valence-corrected chi connectivity index (χ1v) is 6.94. The molecule has 0 bridgehead atoms. The third kappa shape index (κ3) is 3.94. The predicted octanol–water partition coefficient (Wildman–Crippen LogP) is 4.42. The van der Waals surface area contributed by atoms with Gasteiger partial charge in [-0.05, 0) is 53.4 Å². The molecule has 0 aromatic heterocycles. The molecule has 0 aliphatic heterocycles. The molecule has 0 spiro atoms. The van der Waals surface area contributed by atoms with Crippen molar-refractivity contribution < 1.29 is 4.39 Å². The topological polar surface area (TPSA) is 12.0 Å². The summed E-state index contributed by atoms with van der Waals surface area (Å²) in [6.45, 7) is 4.32. The lowest BCUT2D eigenvalue weighted by atomic mass is 9.97. The van der Waals surface area contributed by atoms with E-state index in [0.717, 1.165) is 6.42 Å². The van der Waals surface area contributed by atoms with E-state index in [0.29, 0.717) is 28.4 Å². The smallest absolute Gasteiger partial charge is 0.146 e. The van der Waals surface area contributed by atoms with E-state index in [1.165, 1.54) is 0 Å². The fourth-order valence-corrected chi connectivity index (χ4v) is 2.37. The zero-order valence-electron chi connectivity index (χ0n) is 10.4. The van der Waals surface area contributed by atoms with Crippen molar-refractivity contribution in [1.29, 1.82) is 0 Å². The van der Waals surface area contributed by atoms with Crippen molar-refractivity contribution in [3.63, 3.8) is 0 Å². The first kappa shape index (κ1) is 14.9. The van der Waals surface area contributed by atoms with Crippen molar-refractivity contribution in [2.24, 2.45) is 5.92 Å². The van der Waals surface area contributed by atoms with Crippen LogP contribution in [0.2, 0.25) is 5.02 Å². The first-order valence-electron chi connectivity index (χ1n) is 5.77. The Bertz CT molecular complexity index is 382. The van der Waals surface area contributed by atoms with Gasteiger partial charge in [0.15, 0.2) is 0 Å². The van der Waals surface area contributed by atoms with Crippen LogP contribution in [0.1, 0.15) is 25.8 Å². The van der Waals surface area contributed by atoms with E-state index in [4.69, 9.17) is 11.6 Å². The molecule has 1 aromatic rings. The van der Waals surface area contributed by atoms with E-state index in [2.05, 4.69) is 35.1 Å². The molecule has 1 rings (SSSR count). The average molecular weight is 323 g/mol. The third-order valence-electron chi connectivity index (χ3n) is 3.02. The Balaban J connectivity index is 2.73. The molecule has 0 aliphatic rings. The summed E-state index contributed by atoms with van der Waals surface area (Å²) in [5.41, 5.74) is 0.680. The van der Waals surface area contributed by atoms with Gasteiger partial charge in [0.25, 0.3) is 0 Å². The van der Waals surface area contributed by atoms with Gasteiger partial charge < -0.3 is 5.32 Å². The fraction of sp³-hybridized carbons (Fsp3) is 0.538. The van der Waals surface area contributed by atoms with Crippen molar-refractivity contribution in [3.8, 4) is 0 Å². The van der Waals surface area contributed by atoms with Gasteiger partial charge in [0.2, 0.25) is 0 Å². The summed E-state index contributed by atoms with van der Waals surface area (Å²) in [4.78, 5) is 0. The van der Waals surface area contributed by atoms with Gasteiger partial charge in [0.1, 0.15) is 5.82 Å². The van der Waals surface area contributed by atoms with E-state index in [-0.39, 0.29) is 10.8 Å². The number of nitrogens with one attached hydrogen (secondary N) is 1. The highest BCUT2D eigenvalue weighted by atomic mass is 79.9. The van der Waals surface area contributed by atoms with Crippen LogP contribution in [0.3, 0.4) is 0 Å². The van der Waals surface area contributed by atoms with Gasteiger partial charge in [-0.25, -0.2) is 4.39 Å². The van der Waals surface area contributed by atoms with Gasteiger partial charge in [-0.3, -0.25) is 0 Å². The molecule has 0 amide bonds. The molecule has 0 heterocycles. The Hall–Kier alpha value is -0.120. The monoisotopic (exact) mass is 321 g/mol. The Morgan fingerprint density at radius 2 is 2.06 bits per heavy atom. The van der Waals surface area contributed by atoms with Crippen LogP contribution < -0.4 is 5.32 Å². The summed E-state index contributed by atoms with van der Waals surface area (Å²) in [5.74, 6) is 0.230. The highest BCUT2D eigenvalue weighted by Crippen LogP contribution is 2.28. The maximum Gasteiger partial charge on any atom is 0.146 e. The molecular formula is C13H18BrClFN. The average Bonchev–Trinajstić information content (AvgIpc) is 2.29. The lowest BCUT2D eigenvalue weighted by Gasteiger charge is -2.20. The third-order valence-corrected chi connectivity index (χ3v) is 4.27. The van der Waals surface area contributed by atoms with Crippen LogP contribution in [0.15, 0.2) is 16.6 Å². The Kier molecular flexibility index (Phi) is 5.90. The quantitative estimate of drug-likeness (QED) is 0.791. The molecule has 1 nitrogen and oxygen atoms in total. The number of halogens is 3. The minimum atomic E-state index is -0.306. The number of rotatable bonds is 5. The lowest BCUT2D eigenvalue weighted by Crippen LogP contribution is -2.31. The summed E-state index contributed by atoms with van der Waals surface area (Å²) in [7, 11) is 1.94. The van der Waals surface area contributed by atoms with Crippen molar-refractivity contribution in [2.45, 2.75) is 32.7 Å². The SMILES string of the molecule is CNC(CCc1ccc(Br)c(Cl)c1F)C(C)C. The Morgan fingerprint density at radius 1 is 1.41 bits per heavy atom. The highest BCUT2D eigenvalue weighted by molar-refractivity contribution is 9.10. The molecular weight excluding hydrogens is 305 g/mol. The molecule has 17 heavy (non-hydrogen) atoms. The molecule has 0 saturated heterocycles. The second kappa shape index (κ2) is 6.72. The molecule has 4 heteroatoms. The molecule has 0 radical (unpaired) electrons. The summed E-state index contributed by atoms with van der Waals surface area (Å²) in [5, 5.41) is 3.43. The van der Waals surface area contributed by atoms with Gasteiger partial charge in [0, 0.05) is 10.5 Å². The maximum absolute atomic E-state index is 13.8. The van der Waals surface area contributed by atoms with Gasteiger partial charge in [0.05, 0.1) is 5.02 Å². The molecule has 1 N–H and O–H groups in total. The zero-order chi connectivity index (χ0) is 13.0. The van der Waals surface area contributed by atoms with Gasteiger partial charge in [-0.1, -0.05) is 31.5 Å². The summed E-state index contributed by atoms with van der Waals surface area (Å²) in [6.07, 6.45) is 1.60. The van der Waals surface area contributed by atoms with Gasteiger partial charge in [-0.2, -0.15) is 0 Å². The van der Waals surface area contributed by atoms with E-state index in [1.54, 1.807) is 12.1 Å². The van der Waals surface area contributed by atoms with Crippen LogP contribution in [0.4, 0.5) is 4.39 Å². The zero-order valence-corrected chi connectivity index (χ0v) is 12.7. The molecule has 1 atom stereocenters. The van der Waals surface area contributed by atoms with Crippen molar-refractivity contribution in [1.82, 2.24) is 5.32 Å². The molecule has 0 aliphatic carbocycles. The lowest BCUT2D eigenvalue weighted by molar-refractivity contribution is 0.400. The minimum Gasteiger partial charge on any atom is -0.317 e. The van der Waals surface area contributed by atoms with Crippen LogP contribution in [-0.2, 0) is 6.42 Å². The van der Waals surface area contributed by atoms with Crippen LogP contribution in [-0.4, -0.2) is 13.1 Å². The highest BCUT2D eigenvalue weighted by Gasteiger charge is 2.14. The normalized spacial score (nSPS) is 13.1. The van der Waals surface area contributed by atoms with E-state index < -0.39 is 0 Å². The summed E-state index contributed by atoms with van der Waals surface area (Å²) < 4.78 is 14.4. The molecule has 0 saturated carbocycles. The Morgan fingerprint density at radius 3 is 2.59 bits per heavy atom. The Labute approximate surface area is 116 Å². The summed E-state index contributed by atoms with van der Waals surface area (Å²) in [6, 6.07) is 3.99. The van der Waals surface area contributed by atoms with E-state index in [9.17, 15) is 4.39 Å². The number of hydrogen-bond donors (Lipinski definition) is 1. The predicted molar refractivity (Wildman–Crippen MR) is 75.1 cm³/mol. The summed E-state index contributed by atoms with van der Waals surface area (Å²) >= 11 is 9.07. The standard InChI is InChI=1S/C13H18BrClFN/c1-8(2)11(17-3)7-5-9-4-6-10(14)12(15)13(9)16/h4,6,8,11,17H,5,7H2,1-3H3. The van der Waals surface area contributed by atoms with Crippen LogP contribution in [0, 0.1) is 11.7 Å². The van der Waals surface area contributed by atoms with Crippen molar-refractivity contribution >= 4 is 27.5 Å². The van der Waals surface area contributed by atoms with E-state index >= 15 is 0 Å². The second-order valence-corrected chi connectivity index (χ2v) is 5.74. The second-order valence-electron chi connectivity index (χ2n) is 4.51. The van der Waals surface area contributed by atoms with Crippen molar-refractivity contribution in [2.75, 3.05) is 7.05 Å². The van der Waals surface area contributed by atoms with Gasteiger partial charge >= 0.3 is 0 Å². The number of hydrogen-bond acceptors (Lipinski definition) is 1. The molecule has 96 valence electrons. The van der Waals surface area contributed by atoms with Crippen molar-refractivity contribution in [3.05, 3.63) is 33.0 Å². The van der Waals surface area contributed by atoms with Crippen LogP contribution in [0.25, 0.3) is 0 Å². The maximum atomic E-state index is 13.8. The van der Waals surface area contributed by atoms with Gasteiger partial charge in [-0.15, -0.1) is 0 Å². The molecule has 1 unspecified atom stereocenters. The largest absolute Gasteiger partial charge is 0.317 e. The number of benzene rings is 1. The van der Waals surface area contributed by atoms with E-state index in [1.807, 2.05) is 7.05 Å². The number of aryl methyl sites for hydroxylation is 1. The minimum absolute atomic E-state index is 0.174. The fourth-order valence-electron chi connectivity index (χ4n) is 1.88. The van der Waals surface area contributed by atoms with Crippen LogP contribution in [0.5, 0.6) is 0 Å². The van der Waals surface area contributed by atoms with Crippen LogP contribution >= 0.6 is 27.5 Å². The molecule has 0 fully saturated rings.